The third kappa shape index (κ3) is 4.91. The van der Waals surface area contributed by atoms with Crippen LogP contribution in [-0.2, 0) is 9.47 Å². The molecule has 0 radical (unpaired) electrons. The van der Waals surface area contributed by atoms with Gasteiger partial charge in [0.1, 0.15) is 0 Å². The Morgan fingerprint density at radius 2 is 1.59 bits per heavy atom. The molecule has 0 aromatic carbocycles. The van der Waals surface area contributed by atoms with Crippen molar-refractivity contribution in [2.45, 2.75) is 20.3 Å². The van der Waals surface area contributed by atoms with Gasteiger partial charge < -0.3 is 19.3 Å². The van der Waals surface area contributed by atoms with Crippen molar-refractivity contribution in [3.05, 3.63) is 0 Å². The molecule has 0 N–H and O–H groups in total. The molecule has 17 heavy (non-hydrogen) atoms. The van der Waals surface area contributed by atoms with Gasteiger partial charge in [0.05, 0.1) is 13.2 Å². The van der Waals surface area contributed by atoms with E-state index in [1.807, 2.05) is 16.7 Å². The van der Waals surface area contributed by atoms with Crippen molar-refractivity contribution in [1.82, 2.24) is 9.80 Å². The number of carbonyl (C=O) groups excluding carboxylic acids is 1. The highest BCUT2D eigenvalue weighted by Gasteiger charge is 2.27. The van der Waals surface area contributed by atoms with Crippen molar-refractivity contribution in [2.24, 2.45) is 0 Å². The van der Waals surface area contributed by atoms with Crippen LogP contribution in [0.25, 0.3) is 0 Å². The maximum atomic E-state index is 11.9. The molecule has 0 unspecified atom stereocenters. The number of rotatable bonds is 9. The third-order valence-electron chi connectivity index (χ3n) is 2.74. The van der Waals surface area contributed by atoms with E-state index in [-0.39, 0.29) is 6.03 Å². The number of hydrogen-bond acceptors (Lipinski definition) is 3. The lowest BCUT2D eigenvalue weighted by Gasteiger charge is -2.18. The largest absolute Gasteiger partial charge is 0.380 e. The molecular weight excluding hydrogens is 220 g/mol. The van der Waals surface area contributed by atoms with E-state index >= 15 is 0 Å². The molecule has 100 valence electrons. The Kier molecular flexibility index (Phi) is 6.96. The van der Waals surface area contributed by atoms with E-state index in [1.165, 1.54) is 0 Å². The maximum absolute atomic E-state index is 11.9. The molecule has 1 saturated heterocycles. The van der Waals surface area contributed by atoms with Crippen molar-refractivity contribution >= 4 is 6.03 Å². The molecule has 2 amide bonds. The van der Waals surface area contributed by atoms with Crippen LogP contribution < -0.4 is 0 Å². The van der Waals surface area contributed by atoms with Crippen LogP contribution in [0.2, 0.25) is 0 Å². The zero-order chi connectivity index (χ0) is 12.5. The minimum atomic E-state index is 0.116. The predicted molar refractivity (Wildman–Crippen MR) is 66.1 cm³/mol. The number of ether oxygens (including phenoxy) is 2. The summed E-state index contributed by atoms with van der Waals surface area (Å²) in [6.45, 7) is 9.79. The SMILES string of the molecule is CCCOCCN1CCN(CCOCC)C1=O. The van der Waals surface area contributed by atoms with Gasteiger partial charge in [0, 0.05) is 39.4 Å². The Balaban J connectivity index is 2.15. The molecule has 0 spiro atoms. The molecule has 1 aliphatic heterocycles. The second-order valence-electron chi connectivity index (χ2n) is 4.07. The smallest absolute Gasteiger partial charge is 0.320 e. The molecule has 0 bridgehead atoms. The van der Waals surface area contributed by atoms with Gasteiger partial charge in [-0.1, -0.05) is 6.92 Å². The molecule has 5 nitrogen and oxygen atoms in total. The van der Waals surface area contributed by atoms with Crippen molar-refractivity contribution < 1.29 is 14.3 Å². The minimum absolute atomic E-state index is 0.116. The van der Waals surface area contributed by atoms with E-state index in [4.69, 9.17) is 9.47 Å². The summed E-state index contributed by atoms with van der Waals surface area (Å²) >= 11 is 0. The summed E-state index contributed by atoms with van der Waals surface area (Å²) in [4.78, 5) is 15.6. The molecule has 0 aromatic heterocycles. The van der Waals surface area contributed by atoms with Gasteiger partial charge in [-0.2, -0.15) is 0 Å². The van der Waals surface area contributed by atoms with Crippen LogP contribution in [0.4, 0.5) is 4.79 Å². The molecular formula is C12H24N2O3. The van der Waals surface area contributed by atoms with Crippen LogP contribution in [0.3, 0.4) is 0 Å². The van der Waals surface area contributed by atoms with Gasteiger partial charge in [0.2, 0.25) is 0 Å². The summed E-state index contributed by atoms with van der Waals surface area (Å²) in [5, 5.41) is 0. The van der Waals surface area contributed by atoms with Crippen LogP contribution in [0.5, 0.6) is 0 Å². The third-order valence-corrected chi connectivity index (χ3v) is 2.74. The highest BCUT2D eigenvalue weighted by atomic mass is 16.5. The van der Waals surface area contributed by atoms with Crippen LogP contribution in [-0.4, -0.2) is 68.4 Å². The summed E-state index contributed by atoms with van der Waals surface area (Å²) in [6, 6.07) is 0.116. The zero-order valence-corrected chi connectivity index (χ0v) is 11.0. The van der Waals surface area contributed by atoms with Gasteiger partial charge in [-0.15, -0.1) is 0 Å². The number of amides is 2. The topological polar surface area (TPSA) is 42.0 Å². The van der Waals surface area contributed by atoms with E-state index in [0.717, 1.165) is 26.1 Å². The molecule has 1 aliphatic rings. The van der Waals surface area contributed by atoms with E-state index in [2.05, 4.69) is 6.92 Å². The Bertz CT molecular complexity index is 224. The average Bonchev–Trinajstić information content (AvgIpc) is 2.67. The van der Waals surface area contributed by atoms with Crippen LogP contribution in [0.1, 0.15) is 20.3 Å². The fourth-order valence-electron chi connectivity index (χ4n) is 1.79. The lowest BCUT2D eigenvalue weighted by Crippen LogP contribution is -2.35. The number of urea groups is 1. The lowest BCUT2D eigenvalue weighted by atomic mass is 10.5. The summed E-state index contributed by atoms with van der Waals surface area (Å²) in [5.74, 6) is 0. The Labute approximate surface area is 104 Å². The second-order valence-corrected chi connectivity index (χ2v) is 4.07. The predicted octanol–water partition coefficient (Wildman–Crippen LogP) is 1.19. The minimum Gasteiger partial charge on any atom is -0.380 e. The molecule has 1 fully saturated rings. The van der Waals surface area contributed by atoms with Crippen molar-refractivity contribution in [3.63, 3.8) is 0 Å². The van der Waals surface area contributed by atoms with Gasteiger partial charge in [-0.3, -0.25) is 0 Å². The molecule has 0 saturated carbocycles. The van der Waals surface area contributed by atoms with Gasteiger partial charge >= 0.3 is 6.03 Å². The summed E-state index contributed by atoms with van der Waals surface area (Å²) < 4.78 is 10.6. The molecule has 0 aliphatic carbocycles. The normalized spacial score (nSPS) is 16.0. The van der Waals surface area contributed by atoms with Crippen molar-refractivity contribution in [2.75, 3.05) is 52.6 Å². The van der Waals surface area contributed by atoms with Gasteiger partial charge in [-0.25, -0.2) is 4.79 Å². The molecule has 1 heterocycles. The standard InChI is InChI=1S/C12H24N2O3/c1-3-9-17-11-8-14-6-5-13(12(14)15)7-10-16-4-2/h3-11H2,1-2H3. The van der Waals surface area contributed by atoms with Gasteiger partial charge in [-0.05, 0) is 13.3 Å². The summed E-state index contributed by atoms with van der Waals surface area (Å²) in [6.07, 6.45) is 1.02. The van der Waals surface area contributed by atoms with E-state index in [1.54, 1.807) is 0 Å². The number of hydrogen-bond donors (Lipinski definition) is 0. The fourth-order valence-corrected chi connectivity index (χ4v) is 1.79. The molecule has 1 rings (SSSR count). The first kappa shape index (κ1) is 14.3. The zero-order valence-electron chi connectivity index (χ0n) is 11.0. The highest BCUT2D eigenvalue weighted by Crippen LogP contribution is 2.07. The van der Waals surface area contributed by atoms with Crippen LogP contribution >= 0.6 is 0 Å². The van der Waals surface area contributed by atoms with E-state index in [0.29, 0.717) is 32.9 Å². The lowest BCUT2D eigenvalue weighted by molar-refractivity contribution is 0.109. The first-order chi connectivity index (χ1) is 8.29. The molecule has 5 heteroatoms. The van der Waals surface area contributed by atoms with Crippen molar-refractivity contribution in [1.29, 1.82) is 0 Å². The summed E-state index contributed by atoms with van der Waals surface area (Å²) in [5.41, 5.74) is 0. The fraction of sp³-hybridized carbons (Fsp3) is 0.917. The Morgan fingerprint density at radius 1 is 1.00 bits per heavy atom. The van der Waals surface area contributed by atoms with Crippen molar-refractivity contribution in [3.8, 4) is 0 Å². The van der Waals surface area contributed by atoms with Gasteiger partial charge in [0.25, 0.3) is 0 Å². The Morgan fingerprint density at radius 3 is 2.12 bits per heavy atom. The quantitative estimate of drug-likeness (QED) is 0.572. The van der Waals surface area contributed by atoms with Crippen LogP contribution in [0.15, 0.2) is 0 Å². The van der Waals surface area contributed by atoms with E-state index < -0.39 is 0 Å². The number of carbonyl (C=O) groups is 1. The first-order valence-electron chi connectivity index (χ1n) is 6.49. The molecule has 0 aromatic rings. The first-order valence-corrected chi connectivity index (χ1v) is 6.49. The summed E-state index contributed by atoms with van der Waals surface area (Å²) in [7, 11) is 0. The van der Waals surface area contributed by atoms with E-state index in [9.17, 15) is 4.79 Å². The monoisotopic (exact) mass is 244 g/mol. The Hall–Kier alpha value is -0.810. The number of nitrogens with zero attached hydrogens (tertiary/aromatic N) is 2. The van der Waals surface area contributed by atoms with Gasteiger partial charge in [0.15, 0.2) is 0 Å². The molecule has 0 atom stereocenters. The second kappa shape index (κ2) is 8.31. The maximum Gasteiger partial charge on any atom is 0.320 e. The highest BCUT2D eigenvalue weighted by molar-refractivity contribution is 5.76. The van der Waals surface area contributed by atoms with Crippen LogP contribution in [0, 0.1) is 0 Å². The average molecular weight is 244 g/mol.